The van der Waals surface area contributed by atoms with Gasteiger partial charge in [-0.2, -0.15) is 0 Å². The Labute approximate surface area is 141 Å². The molecule has 0 bridgehead atoms. The fourth-order valence-corrected chi connectivity index (χ4v) is 4.25. The van der Waals surface area contributed by atoms with Gasteiger partial charge in [-0.3, -0.25) is 10.0 Å². The average molecular weight is 332 g/mol. The third-order valence-corrected chi connectivity index (χ3v) is 5.92. The number of carbonyl (C=O) groups is 2. The van der Waals surface area contributed by atoms with Crippen LogP contribution in [0.4, 0.5) is 4.79 Å². The van der Waals surface area contributed by atoms with Crippen molar-refractivity contribution in [1.29, 1.82) is 0 Å². The highest BCUT2D eigenvalue weighted by Crippen LogP contribution is 2.65. The Bertz CT molecular complexity index is 723. The minimum absolute atomic E-state index is 0.143. The molecule has 1 fully saturated rings. The third kappa shape index (κ3) is 2.17. The van der Waals surface area contributed by atoms with Crippen LogP contribution in [0.3, 0.4) is 0 Å². The molecule has 2 amide bonds. The molecule has 0 unspecified atom stereocenters. The number of fused-ring (bicyclic) bond motifs is 1. The number of Topliss-reactive ketones (excluding diaryl/α,β-unsaturated/α-hetero) is 1. The third-order valence-electron chi connectivity index (χ3n) is 5.92. The highest BCUT2D eigenvalue weighted by molar-refractivity contribution is 6.10. The van der Waals surface area contributed by atoms with Crippen molar-refractivity contribution in [3.8, 4) is 0 Å². The van der Waals surface area contributed by atoms with Gasteiger partial charge in [0.2, 0.25) is 0 Å². The van der Waals surface area contributed by atoms with Gasteiger partial charge in [0.1, 0.15) is 5.60 Å². The van der Waals surface area contributed by atoms with Crippen LogP contribution in [-0.4, -0.2) is 39.3 Å². The highest BCUT2D eigenvalue weighted by atomic mass is 16.5. The Hall–Kier alpha value is -1.92. The highest BCUT2D eigenvalue weighted by Gasteiger charge is 2.64. The summed E-state index contributed by atoms with van der Waals surface area (Å²) in [6.07, 6.45) is 4.68. The molecule has 0 saturated heterocycles. The van der Waals surface area contributed by atoms with Crippen LogP contribution in [0.2, 0.25) is 0 Å². The van der Waals surface area contributed by atoms with Crippen molar-refractivity contribution in [2.45, 2.75) is 52.1 Å². The van der Waals surface area contributed by atoms with E-state index in [2.05, 4.69) is 0 Å². The number of hydrogen-bond acceptors (Lipinski definition) is 4. The summed E-state index contributed by atoms with van der Waals surface area (Å²) in [6.45, 7) is 5.74. The van der Waals surface area contributed by atoms with Crippen molar-refractivity contribution in [2.24, 2.45) is 11.1 Å². The van der Waals surface area contributed by atoms with Crippen LogP contribution in [-0.2, 0) is 4.79 Å². The number of nitrogens with two attached hydrogens (primary N) is 1. The van der Waals surface area contributed by atoms with Crippen LogP contribution in [0.5, 0.6) is 0 Å². The van der Waals surface area contributed by atoms with Gasteiger partial charge in [-0.25, -0.2) is 9.86 Å². The predicted octanol–water partition coefficient (Wildman–Crippen LogP) is 2.22. The van der Waals surface area contributed by atoms with Gasteiger partial charge in [0, 0.05) is 11.0 Å². The maximum absolute atomic E-state index is 12.8. The van der Waals surface area contributed by atoms with Crippen LogP contribution >= 0.6 is 0 Å². The molecular formula is C18H24N2O4. The van der Waals surface area contributed by atoms with Gasteiger partial charge in [0.25, 0.3) is 0 Å². The molecule has 4 N–H and O–H groups in total. The number of allylic oxidation sites excluding steroid dienone is 4. The Morgan fingerprint density at radius 2 is 2.00 bits per heavy atom. The second kappa shape index (κ2) is 5.29. The van der Waals surface area contributed by atoms with E-state index in [0.717, 1.165) is 35.1 Å². The number of primary amides is 1. The first kappa shape index (κ1) is 16.9. The van der Waals surface area contributed by atoms with Crippen LogP contribution in [0, 0.1) is 5.41 Å². The monoisotopic (exact) mass is 332 g/mol. The Morgan fingerprint density at radius 3 is 2.54 bits per heavy atom. The number of nitrogens with zero attached hydrogens (tertiary/aromatic N) is 1. The van der Waals surface area contributed by atoms with E-state index in [-0.39, 0.29) is 12.3 Å². The quantitative estimate of drug-likeness (QED) is 0.542. The lowest BCUT2D eigenvalue weighted by atomic mass is 9.67. The number of aliphatic hydroxyl groups is 1. The summed E-state index contributed by atoms with van der Waals surface area (Å²) < 4.78 is 0. The van der Waals surface area contributed by atoms with Gasteiger partial charge < -0.3 is 10.8 Å². The summed E-state index contributed by atoms with van der Waals surface area (Å²) in [6, 6.07) is -0.873. The number of amides is 2. The van der Waals surface area contributed by atoms with Gasteiger partial charge in [-0.05, 0) is 69.2 Å². The second-order valence-electron chi connectivity index (χ2n) is 7.27. The first-order valence-electron chi connectivity index (χ1n) is 8.30. The summed E-state index contributed by atoms with van der Waals surface area (Å²) in [5, 5.41) is 20.7. The molecule has 0 aromatic carbocycles. The molecule has 3 aliphatic carbocycles. The first-order valence-corrected chi connectivity index (χ1v) is 8.30. The molecule has 6 nitrogen and oxygen atoms in total. The van der Waals surface area contributed by atoms with Crippen molar-refractivity contribution >= 4 is 11.8 Å². The predicted molar refractivity (Wildman–Crippen MR) is 88.1 cm³/mol. The molecule has 130 valence electrons. The first-order chi connectivity index (χ1) is 11.1. The smallest absolute Gasteiger partial charge is 0.338 e. The molecule has 1 spiro atoms. The van der Waals surface area contributed by atoms with Crippen LogP contribution in [0.1, 0.15) is 46.5 Å². The lowest BCUT2D eigenvalue weighted by molar-refractivity contribution is -0.137. The van der Waals surface area contributed by atoms with Crippen molar-refractivity contribution in [2.75, 3.05) is 6.54 Å². The van der Waals surface area contributed by atoms with E-state index < -0.39 is 17.0 Å². The zero-order valence-corrected chi connectivity index (χ0v) is 14.3. The second-order valence-corrected chi connectivity index (χ2v) is 7.27. The average Bonchev–Trinajstić information content (AvgIpc) is 3.26. The summed E-state index contributed by atoms with van der Waals surface area (Å²) >= 11 is 0. The molecule has 0 aromatic rings. The maximum atomic E-state index is 12.8. The number of hydroxylamine groups is 2. The minimum Gasteiger partial charge on any atom is -0.381 e. The molecule has 3 rings (SSSR count). The Balaban J connectivity index is 1.88. The topological polar surface area (TPSA) is 104 Å². The molecule has 0 aliphatic heterocycles. The molecule has 3 aliphatic rings. The van der Waals surface area contributed by atoms with Gasteiger partial charge in [0.05, 0.1) is 6.54 Å². The van der Waals surface area contributed by atoms with E-state index in [9.17, 15) is 19.9 Å². The van der Waals surface area contributed by atoms with Crippen LogP contribution in [0.15, 0.2) is 33.9 Å². The van der Waals surface area contributed by atoms with E-state index >= 15 is 0 Å². The number of rotatable bonds is 4. The van der Waals surface area contributed by atoms with Gasteiger partial charge in [0.15, 0.2) is 5.78 Å². The molecule has 1 saturated carbocycles. The van der Waals surface area contributed by atoms with Crippen molar-refractivity contribution in [3.05, 3.63) is 33.9 Å². The number of carbonyl (C=O) groups excluding carboxylic acids is 2. The van der Waals surface area contributed by atoms with Gasteiger partial charge in [-0.1, -0.05) is 5.57 Å². The summed E-state index contributed by atoms with van der Waals surface area (Å²) in [5.74, 6) is -0.198. The lowest BCUT2D eigenvalue weighted by Crippen LogP contribution is -2.49. The van der Waals surface area contributed by atoms with E-state index in [1.807, 2.05) is 19.9 Å². The Morgan fingerprint density at radius 1 is 1.38 bits per heavy atom. The van der Waals surface area contributed by atoms with Crippen molar-refractivity contribution < 1.29 is 19.9 Å². The SMILES string of the molecule is CC1=C(CCCN(O)C(N)=O)C2=C(C)C3(CC3)[C@@](C)(O)C(=O)C2=C1. The number of hydrogen-bond donors (Lipinski definition) is 3. The number of ketones is 1. The molecule has 0 aromatic heterocycles. The largest absolute Gasteiger partial charge is 0.381 e. The molecule has 0 heterocycles. The summed E-state index contributed by atoms with van der Waals surface area (Å²) in [5.41, 5.74) is 7.96. The Kier molecular flexibility index (Phi) is 3.73. The molecule has 0 radical (unpaired) electrons. The van der Waals surface area contributed by atoms with Gasteiger partial charge >= 0.3 is 6.03 Å². The molecule has 6 heteroatoms. The normalized spacial score (nSPS) is 27.5. The summed E-state index contributed by atoms with van der Waals surface area (Å²) in [4.78, 5) is 23.7. The maximum Gasteiger partial charge on any atom is 0.338 e. The molecule has 24 heavy (non-hydrogen) atoms. The van der Waals surface area contributed by atoms with Crippen molar-refractivity contribution in [3.63, 3.8) is 0 Å². The van der Waals surface area contributed by atoms with Crippen molar-refractivity contribution in [1.82, 2.24) is 5.06 Å². The van der Waals surface area contributed by atoms with E-state index in [0.29, 0.717) is 23.5 Å². The molecule has 1 atom stereocenters. The van der Waals surface area contributed by atoms with E-state index in [4.69, 9.17) is 5.73 Å². The number of urea groups is 1. The van der Waals surface area contributed by atoms with Crippen LogP contribution in [0.25, 0.3) is 0 Å². The fourth-order valence-electron chi connectivity index (χ4n) is 4.25. The van der Waals surface area contributed by atoms with Crippen LogP contribution < -0.4 is 5.73 Å². The van der Waals surface area contributed by atoms with E-state index in [1.165, 1.54) is 0 Å². The lowest BCUT2D eigenvalue weighted by Gasteiger charge is -2.39. The minimum atomic E-state index is -1.34. The molecular weight excluding hydrogens is 308 g/mol. The zero-order chi connectivity index (χ0) is 17.9. The fraction of sp³-hybridized carbons (Fsp3) is 0.556. The van der Waals surface area contributed by atoms with E-state index in [1.54, 1.807) is 6.92 Å². The standard InChI is InChI=1S/C18H24N2O4/c1-10-9-13-14(12(10)5-4-8-20(24)16(19)22)11(2)18(6-7-18)17(3,23)15(13)21/h9,23-24H,4-8H2,1-3H3,(H2,19,22)/t17-/m0/s1. The summed E-state index contributed by atoms with van der Waals surface area (Å²) in [7, 11) is 0. The van der Waals surface area contributed by atoms with Gasteiger partial charge in [-0.15, -0.1) is 0 Å². The zero-order valence-electron chi connectivity index (χ0n) is 14.3.